The number of carbonyl (C=O) groups is 2. The van der Waals surface area contributed by atoms with E-state index in [1.807, 2.05) is 0 Å². The second-order valence-corrected chi connectivity index (χ2v) is 5.34. The van der Waals surface area contributed by atoms with E-state index in [1.54, 1.807) is 24.3 Å². The van der Waals surface area contributed by atoms with Crippen molar-refractivity contribution in [1.82, 2.24) is 5.32 Å². The first-order chi connectivity index (χ1) is 12.1. The fourth-order valence-electron chi connectivity index (χ4n) is 2.33. The number of hydrogen-bond acceptors (Lipinski definition) is 5. The predicted octanol–water partition coefficient (Wildman–Crippen LogP) is 2.07. The molecule has 3 rings (SSSR count). The van der Waals surface area contributed by atoms with Gasteiger partial charge in [-0.3, -0.25) is 4.79 Å². The Morgan fingerprint density at radius 3 is 2.76 bits per heavy atom. The molecule has 0 fully saturated rings. The lowest BCUT2D eigenvalue weighted by Gasteiger charge is -2.07. The van der Waals surface area contributed by atoms with Gasteiger partial charge in [0.05, 0.1) is 5.56 Å². The number of esters is 1. The highest BCUT2D eigenvalue weighted by Gasteiger charge is 2.17. The Morgan fingerprint density at radius 2 is 1.92 bits per heavy atom. The minimum Gasteiger partial charge on any atom is -0.454 e. The number of fused-ring (bicyclic) bond motifs is 1. The molecule has 0 bridgehead atoms. The van der Waals surface area contributed by atoms with Gasteiger partial charge in [0, 0.05) is 6.54 Å². The normalized spacial score (nSPS) is 11.9. The molecule has 2 aromatic rings. The summed E-state index contributed by atoms with van der Waals surface area (Å²) in [7, 11) is 0. The van der Waals surface area contributed by atoms with Crippen LogP contribution in [0.15, 0.2) is 42.5 Å². The minimum absolute atomic E-state index is 0.109. The Balaban J connectivity index is 1.43. The SMILES string of the molecule is O=C(COC(=O)c1ccc2c(c1)OCO2)NCCc1ccccc1F. The van der Waals surface area contributed by atoms with Crippen molar-refractivity contribution in [2.75, 3.05) is 19.9 Å². The van der Waals surface area contributed by atoms with Gasteiger partial charge in [0.15, 0.2) is 18.1 Å². The van der Waals surface area contributed by atoms with Gasteiger partial charge >= 0.3 is 5.97 Å². The molecule has 6 nitrogen and oxygen atoms in total. The van der Waals surface area contributed by atoms with Crippen molar-refractivity contribution in [1.29, 1.82) is 0 Å². The van der Waals surface area contributed by atoms with Gasteiger partial charge in [0.1, 0.15) is 5.82 Å². The van der Waals surface area contributed by atoms with Gasteiger partial charge in [0.25, 0.3) is 5.91 Å². The molecule has 25 heavy (non-hydrogen) atoms. The van der Waals surface area contributed by atoms with Gasteiger partial charge in [0.2, 0.25) is 6.79 Å². The number of amides is 1. The van der Waals surface area contributed by atoms with E-state index in [0.717, 1.165) is 0 Å². The number of nitrogens with one attached hydrogen (secondary N) is 1. The van der Waals surface area contributed by atoms with E-state index in [0.29, 0.717) is 23.5 Å². The monoisotopic (exact) mass is 345 g/mol. The second-order valence-electron chi connectivity index (χ2n) is 5.34. The third kappa shape index (κ3) is 4.26. The van der Waals surface area contributed by atoms with E-state index in [4.69, 9.17) is 14.2 Å². The quantitative estimate of drug-likeness (QED) is 0.812. The molecule has 1 aliphatic heterocycles. The number of hydrogen-bond donors (Lipinski definition) is 1. The molecule has 1 aliphatic rings. The molecule has 0 aromatic heterocycles. The van der Waals surface area contributed by atoms with Crippen LogP contribution in [0.3, 0.4) is 0 Å². The Hall–Kier alpha value is -3.09. The summed E-state index contributed by atoms with van der Waals surface area (Å²) in [6.45, 7) is -0.0515. The molecule has 0 atom stereocenters. The Kier molecular flexibility index (Phi) is 5.13. The lowest BCUT2D eigenvalue weighted by molar-refractivity contribution is -0.124. The molecule has 0 saturated heterocycles. The van der Waals surface area contributed by atoms with Crippen LogP contribution >= 0.6 is 0 Å². The van der Waals surface area contributed by atoms with Crippen molar-refractivity contribution in [3.8, 4) is 11.5 Å². The second kappa shape index (κ2) is 7.65. The largest absolute Gasteiger partial charge is 0.454 e. The third-order valence-electron chi connectivity index (χ3n) is 3.62. The Labute approximate surface area is 143 Å². The fourth-order valence-corrected chi connectivity index (χ4v) is 2.33. The van der Waals surface area contributed by atoms with Crippen LogP contribution in [-0.4, -0.2) is 31.8 Å². The van der Waals surface area contributed by atoms with Gasteiger partial charge in [-0.15, -0.1) is 0 Å². The van der Waals surface area contributed by atoms with E-state index in [1.165, 1.54) is 18.2 Å². The van der Waals surface area contributed by atoms with Crippen molar-refractivity contribution in [3.63, 3.8) is 0 Å². The number of rotatable bonds is 6. The van der Waals surface area contributed by atoms with Crippen molar-refractivity contribution in [2.24, 2.45) is 0 Å². The van der Waals surface area contributed by atoms with Gasteiger partial charge in [-0.1, -0.05) is 18.2 Å². The molecule has 7 heteroatoms. The van der Waals surface area contributed by atoms with Crippen molar-refractivity contribution < 1.29 is 28.2 Å². The molecule has 0 radical (unpaired) electrons. The maximum Gasteiger partial charge on any atom is 0.338 e. The van der Waals surface area contributed by atoms with Crippen LogP contribution < -0.4 is 14.8 Å². The van der Waals surface area contributed by atoms with E-state index < -0.39 is 18.5 Å². The zero-order valence-electron chi connectivity index (χ0n) is 13.3. The molecular formula is C18H16FNO5. The van der Waals surface area contributed by atoms with Crippen LogP contribution in [-0.2, 0) is 16.0 Å². The summed E-state index contributed by atoms with van der Waals surface area (Å²) in [5.74, 6) is -0.384. The molecule has 1 heterocycles. The Bertz CT molecular complexity index is 793. The topological polar surface area (TPSA) is 73.9 Å². The number of carbonyl (C=O) groups excluding carboxylic acids is 2. The molecule has 1 N–H and O–H groups in total. The third-order valence-corrected chi connectivity index (χ3v) is 3.62. The van der Waals surface area contributed by atoms with Crippen molar-refractivity contribution in [2.45, 2.75) is 6.42 Å². The average Bonchev–Trinajstić information content (AvgIpc) is 3.09. The average molecular weight is 345 g/mol. The van der Waals surface area contributed by atoms with Crippen LogP contribution in [0.1, 0.15) is 15.9 Å². The molecule has 1 amide bonds. The first-order valence-corrected chi connectivity index (χ1v) is 7.70. The van der Waals surface area contributed by atoms with Crippen LogP contribution in [0.4, 0.5) is 4.39 Å². The molecule has 130 valence electrons. The maximum atomic E-state index is 13.4. The highest BCUT2D eigenvalue weighted by Crippen LogP contribution is 2.32. The lowest BCUT2D eigenvalue weighted by Crippen LogP contribution is -2.30. The van der Waals surface area contributed by atoms with Crippen molar-refractivity contribution >= 4 is 11.9 Å². The summed E-state index contributed by atoms with van der Waals surface area (Å²) in [6.07, 6.45) is 0.356. The molecule has 0 saturated carbocycles. The zero-order valence-corrected chi connectivity index (χ0v) is 13.3. The zero-order chi connectivity index (χ0) is 17.6. The van der Waals surface area contributed by atoms with E-state index in [2.05, 4.69) is 5.32 Å². The smallest absolute Gasteiger partial charge is 0.338 e. The van der Waals surface area contributed by atoms with Gasteiger partial charge < -0.3 is 19.5 Å². The van der Waals surface area contributed by atoms with Crippen LogP contribution in [0, 0.1) is 5.82 Å². The predicted molar refractivity (Wildman–Crippen MR) is 86.0 cm³/mol. The van der Waals surface area contributed by atoms with Gasteiger partial charge in [-0.25, -0.2) is 9.18 Å². The van der Waals surface area contributed by atoms with E-state index in [-0.39, 0.29) is 24.7 Å². The summed E-state index contributed by atoms with van der Waals surface area (Å²) in [6, 6.07) is 11.0. The molecule has 0 unspecified atom stereocenters. The standard InChI is InChI=1S/C18H16FNO5/c19-14-4-2-1-3-12(14)7-8-20-17(21)10-23-18(22)13-5-6-15-16(9-13)25-11-24-15/h1-6,9H,7-8,10-11H2,(H,20,21). The van der Waals surface area contributed by atoms with Crippen molar-refractivity contribution in [3.05, 3.63) is 59.4 Å². The fraction of sp³-hybridized carbons (Fsp3) is 0.222. The molecule has 0 aliphatic carbocycles. The van der Waals surface area contributed by atoms with Crippen LogP contribution in [0.25, 0.3) is 0 Å². The van der Waals surface area contributed by atoms with Gasteiger partial charge in [-0.05, 0) is 36.2 Å². The highest BCUT2D eigenvalue weighted by molar-refractivity contribution is 5.92. The number of halogens is 1. The summed E-state index contributed by atoms with van der Waals surface area (Å²) in [4.78, 5) is 23.7. The first kappa shape index (κ1) is 16.8. The maximum absolute atomic E-state index is 13.4. The summed E-state index contributed by atoms with van der Waals surface area (Å²) in [5.41, 5.74) is 0.781. The van der Waals surface area contributed by atoms with Gasteiger partial charge in [-0.2, -0.15) is 0 Å². The minimum atomic E-state index is -0.637. The van der Waals surface area contributed by atoms with E-state index >= 15 is 0 Å². The summed E-state index contributed by atoms with van der Waals surface area (Å²) < 4.78 is 28.7. The van der Waals surface area contributed by atoms with E-state index in [9.17, 15) is 14.0 Å². The first-order valence-electron chi connectivity index (χ1n) is 7.70. The van der Waals surface area contributed by atoms with Crippen LogP contribution in [0.5, 0.6) is 11.5 Å². The highest BCUT2D eigenvalue weighted by atomic mass is 19.1. The summed E-state index contributed by atoms with van der Waals surface area (Å²) in [5, 5.41) is 2.58. The molecular weight excluding hydrogens is 329 g/mol. The Morgan fingerprint density at radius 1 is 1.12 bits per heavy atom. The van der Waals surface area contributed by atoms with Crippen LogP contribution in [0.2, 0.25) is 0 Å². The molecule has 2 aromatic carbocycles. The lowest BCUT2D eigenvalue weighted by atomic mass is 10.1. The number of ether oxygens (including phenoxy) is 3. The molecule has 0 spiro atoms. The number of benzene rings is 2. The summed E-state index contributed by atoms with van der Waals surface area (Å²) >= 11 is 0.